The number of aromatic amines is 1. The van der Waals surface area contributed by atoms with Crippen LogP contribution >= 0.6 is 0 Å². The van der Waals surface area contributed by atoms with Crippen LogP contribution in [0.15, 0.2) is 79.1 Å². The predicted octanol–water partition coefficient (Wildman–Crippen LogP) is 5.66. The second-order valence-electron chi connectivity index (χ2n) is 8.01. The summed E-state index contributed by atoms with van der Waals surface area (Å²) in [4.78, 5) is 14.2. The first-order valence-electron chi connectivity index (χ1n) is 12.0. The quantitative estimate of drug-likeness (QED) is 0.281. The van der Waals surface area contributed by atoms with Crippen LogP contribution < -0.4 is 15.6 Å². The third-order valence-electron chi connectivity index (χ3n) is 5.13. The first kappa shape index (κ1) is 29.7. The van der Waals surface area contributed by atoms with Gasteiger partial charge in [0.2, 0.25) is 5.56 Å². The van der Waals surface area contributed by atoms with Crippen molar-refractivity contribution in [1.82, 2.24) is 10.3 Å². The molecular formula is C29H40N2O4. The minimum Gasteiger partial charge on any atom is -0.506 e. The Hall–Kier alpha value is -3.35. The molecule has 0 aliphatic heterocycles. The number of pyridine rings is 1. The summed E-state index contributed by atoms with van der Waals surface area (Å²) in [5, 5.41) is 24.7. The van der Waals surface area contributed by atoms with Gasteiger partial charge in [0.1, 0.15) is 11.5 Å². The fraction of sp³-hybridized carbons (Fsp3) is 0.345. The van der Waals surface area contributed by atoms with Crippen molar-refractivity contribution in [2.24, 2.45) is 0 Å². The lowest BCUT2D eigenvalue weighted by Gasteiger charge is -2.19. The van der Waals surface area contributed by atoms with Gasteiger partial charge in [0, 0.05) is 24.0 Å². The van der Waals surface area contributed by atoms with Crippen molar-refractivity contribution in [3.05, 3.63) is 95.8 Å². The van der Waals surface area contributed by atoms with Gasteiger partial charge in [-0.25, -0.2) is 0 Å². The van der Waals surface area contributed by atoms with Crippen molar-refractivity contribution in [1.29, 1.82) is 0 Å². The molecule has 4 N–H and O–H groups in total. The number of aromatic hydroxyl groups is 1. The van der Waals surface area contributed by atoms with E-state index in [9.17, 15) is 15.0 Å². The molecule has 1 heterocycles. The molecule has 2 aromatic carbocycles. The van der Waals surface area contributed by atoms with Crippen molar-refractivity contribution < 1.29 is 14.9 Å². The highest BCUT2D eigenvalue weighted by atomic mass is 16.5. The number of rotatable bonds is 10. The summed E-state index contributed by atoms with van der Waals surface area (Å²) >= 11 is 0. The van der Waals surface area contributed by atoms with E-state index in [0.29, 0.717) is 29.6 Å². The number of benzene rings is 2. The van der Waals surface area contributed by atoms with E-state index in [-0.39, 0.29) is 17.4 Å². The van der Waals surface area contributed by atoms with Gasteiger partial charge in [-0.3, -0.25) is 4.79 Å². The largest absolute Gasteiger partial charge is 0.506 e. The molecule has 3 rings (SSSR count). The van der Waals surface area contributed by atoms with Crippen LogP contribution in [0.4, 0.5) is 0 Å². The van der Waals surface area contributed by atoms with E-state index < -0.39 is 6.10 Å². The van der Waals surface area contributed by atoms with Crippen LogP contribution in [0.5, 0.6) is 11.5 Å². The van der Waals surface area contributed by atoms with Gasteiger partial charge in [0.15, 0.2) is 0 Å². The molecule has 2 unspecified atom stereocenters. The minimum atomic E-state index is -0.773. The Balaban J connectivity index is 0.000000926. The van der Waals surface area contributed by atoms with Crippen LogP contribution in [0.25, 0.3) is 10.9 Å². The van der Waals surface area contributed by atoms with Crippen LogP contribution in [0.3, 0.4) is 0 Å². The first-order chi connectivity index (χ1) is 16.9. The van der Waals surface area contributed by atoms with Crippen LogP contribution in [-0.4, -0.2) is 34.4 Å². The highest BCUT2D eigenvalue weighted by molar-refractivity contribution is 5.87. The summed E-state index contributed by atoms with van der Waals surface area (Å²) in [5.74, 6) is 0.862. The molecule has 6 heteroatoms. The normalized spacial score (nSPS) is 11.9. The molecule has 3 aromatic rings. The molecule has 6 nitrogen and oxygen atoms in total. The Morgan fingerprint density at radius 1 is 1.14 bits per heavy atom. The number of aromatic nitrogens is 1. The third-order valence-corrected chi connectivity index (χ3v) is 5.13. The molecule has 0 saturated heterocycles. The van der Waals surface area contributed by atoms with E-state index >= 15 is 0 Å². The van der Waals surface area contributed by atoms with Gasteiger partial charge in [-0.2, -0.15) is 0 Å². The van der Waals surface area contributed by atoms with Gasteiger partial charge in [0.25, 0.3) is 0 Å². The number of allylic oxidation sites excluding steroid dienone is 1. The molecule has 1 aromatic heterocycles. The molecule has 0 aliphatic rings. The van der Waals surface area contributed by atoms with Crippen molar-refractivity contribution in [2.75, 3.05) is 13.2 Å². The van der Waals surface area contributed by atoms with Crippen LogP contribution in [-0.2, 0) is 6.42 Å². The number of hydrogen-bond donors (Lipinski definition) is 4. The molecule has 0 fully saturated rings. The lowest BCUT2D eigenvalue weighted by atomic mass is 10.0. The first-order valence-corrected chi connectivity index (χ1v) is 12.0. The van der Waals surface area contributed by atoms with Gasteiger partial charge in [-0.1, -0.05) is 38.1 Å². The molecule has 0 spiro atoms. The third kappa shape index (κ3) is 9.81. The van der Waals surface area contributed by atoms with Crippen LogP contribution in [0.1, 0.15) is 50.8 Å². The number of aliphatic hydroxyl groups excluding tert-OH is 1. The smallest absolute Gasteiger partial charge is 0.248 e. The predicted molar refractivity (Wildman–Crippen MR) is 146 cm³/mol. The summed E-state index contributed by atoms with van der Waals surface area (Å²) in [5.41, 5.74) is 1.87. The van der Waals surface area contributed by atoms with E-state index in [4.69, 9.17) is 4.74 Å². The number of ether oxygens (including phenoxy) is 1. The average molecular weight is 481 g/mol. The number of nitrogens with one attached hydrogen (secondary N) is 2. The maximum Gasteiger partial charge on any atom is 0.248 e. The molecule has 35 heavy (non-hydrogen) atoms. The van der Waals surface area contributed by atoms with Crippen molar-refractivity contribution >= 4 is 10.9 Å². The van der Waals surface area contributed by atoms with E-state index in [0.717, 1.165) is 25.0 Å². The molecule has 2 atom stereocenters. The summed E-state index contributed by atoms with van der Waals surface area (Å²) in [6.45, 7) is 16.7. The minimum absolute atomic E-state index is 0.0137. The molecule has 0 aliphatic carbocycles. The standard InChI is InChI=1S/C23H28N2O4.C4H8.C2H4/c1-3-11-29-17-6-4-5-16(13-17)12-15(2)24-14-21(27)18-7-9-20(26)23-19(18)8-10-22(28)25-23;1-3-4-2;1-2/h4-10,13,15,21,24,26-27H,3,11-12,14H2,1-2H3,(H,25,28);3H,1,4H2,2H3;1-2H2. The number of hydrogen-bond acceptors (Lipinski definition) is 5. The average Bonchev–Trinajstić information content (AvgIpc) is 2.88. The number of aliphatic hydroxyl groups is 1. The Morgan fingerprint density at radius 2 is 1.86 bits per heavy atom. The Kier molecular flexibility index (Phi) is 13.8. The molecule has 0 saturated carbocycles. The summed E-state index contributed by atoms with van der Waals surface area (Å²) in [7, 11) is 0. The SMILES string of the molecule is C=C.C=CCC.CCCOc1cccc(CC(C)NCC(O)c2ccc(O)c3[nH]c(=O)ccc23)c1. The molecule has 0 radical (unpaired) electrons. The highest BCUT2D eigenvalue weighted by Gasteiger charge is 2.15. The van der Waals surface area contributed by atoms with Gasteiger partial charge < -0.3 is 25.3 Å². The van der Waals surface area contributed by atoms with Crippen molar-refractivity contribution in [2.45, 2.75) is 52.2 Å². The van der Waals surface area contributed by atoms with Gasteiger partial charge in [-0.15, -0.1) is 19.7 Å². The fourth-order valence-electron chi connectivity index (χ4n) is 3.38. The molecule has 190 valence electrons. The van der Waals surface area contributed by atoms with Gasteiger partial charge in [-0.05, 0) is 61.6 Å². The number of fused-ring (bicyclic) bond motifs is 1. The maximum absolute atomic E-state index is 11.5. The second kappa shape index (κ2) is 16.3. The van der Waals surface area contributed by atoms with E-state index in [2.05, 4.69) is 56.9 Å². The number of phenolic OH excluding ortho intramolecular Hbond substituents is 1. The van der Waals surface area contributed by atoms with E-state index in [1.807, 2.05) is 24.3 Å². The van der Waals surface area contributed by atoms with E-state index in [1.54, 1.807) is 12.1 Å². The zero-order valence-corrected chi connectivity index (χ0v) is 21.2. The Bertz CT molecular complexity index is 1090. The zero-order chi connectivity index (χ0) is 26.2. The Morgan fingerprint density at radius 3 is 2.51 bits per heavy atom. The van der Waals surface area contributed by atoms with Gasteiger partial charge in [0.05, 0.1) is 18.2 Å². The maximum atomic E-state index is 11.5. The van der Waals surface area contributed by atoms with Gasteiger partial charge >= 0.3 is 0 Å². The summed E-state index contributed by atoms with van der Waals surface area (Å²) in [6.07, 6.45) is 3.96. The highest BCUT2D eigenvalue weighted by Crippen LogP contribution is 2.28. The van der Waals surface area contributed by atoms with Crippen LogP contribution in [0, 0.1) is 0 Å². The van der Waals surface area contributed by atoms with E-state index in [1.165, 1.54) is 17.7 Å². The second-order valence-corrected chi connectivity index (χ2v) is 8.01. The Labute approximate surface area is 209 Å². The van der Waals surface area contributed by atoms with Crippen molar-refractivity contribution in [3.8, 4) is 11.5 Å². The molecule has 0 amide bonds. The molecular weight excluding hydrogens is 440 g/mol. The lowest BCUT2D eigenvalue weighted by molar-refractivity contribution is 0.172. The number of H-pyrrole nitrogens is 1. The number of phenols is 1. The monoisotopic (exact) mass is 480 g/mol. The van der Waals surface area contributed by atoms with Crippen LogP contribution in [0.2, 0.25) is 0 Å². The summed E-state index contributed by atoms with van der Waals surface area (Å²) < 4.78 is 5.69. The lowest BCUT2D eigenvalue weighted by Crippen LogP contribution is -2.32. The zero-order valence-electron chi connectivity index (χ0n) is 21.2. The topological polar surface area (TPSA) is 94.6 Å². The van der Waals surface area contributed by atoms with Crippen molar-refractivity contribution in [3.63, 3.8) is 0 Å². The molecule has 0 bridgehead atoms. The fourth-order valence-corrected chi connectivity index (χ4v) is 3.38. The summed E-state index contributed by atoms with van der Waals surface area (Å²) in [6, 6.07) is 14.4.